The van der Waals surface area contributed by atoms with Gasteiger partial charge in [0.2, 0.25) is 0 Å². The van der Waals surface area contributed by atoms with E-state index in [1.807, 2.05) is 0 Å². The highest BCUT2D eigenvalue weighted by atomic mass is 19.2. The smallest absolute Gasteiger partial charge is 0.311 e. The van der Waals surface area contributed by atoms with Gasteiger partial charge in [0.25, 0.3) is 6.36 Å². The third kappa shape index (κ3) is 1.20. The lowest BCUT2D eigenvalue weighted by molar-refractivity contribution is -0.135. The molecule has 1 aliphatic rings. The molecule has 2 atom stereocenters. The van der Waals surface area contributed by atoms with Gasteiger partial charge in [-0.25, -0.2) is 0 Å². The number of allylic oxidation sites excluding steroid dienone is 1. The minimum absolute atomic E-state index is 0.134. The van der Waals surface area contributed by atoms with Crippen LogP contribution >= 0.6 is 0 Å². The van der Waals surface area contributed by atoms with Crippen LogP contribution in [0.4, 0.5) is 8.78 Å². The molecule has 0 saturated heterocycles. The summed E-state index contributed by atoms with van der Waals surface area (Å²) in [6, 6.07) is -0.832. The van der Waals surface area contributed by atoms with Gasteiger partial charge < -0.3 is 9.47 Å². The molecule has 0 amide bonds. The molecule has 0 bridgehead atoms. The summed E-state index contributed by atoms with van der Waals surface area (Å²) in [6.45, 7) is 2.71. The number of ether oxygens (including phenoxy) is 2. The number of hydrogen-bond acceptors (Lipinski definition) is 2. The van der Waals surface area contributed by atoms with E-state index in [4.69, 9.17) is 0 Å². The monoisotopic (exact) mass is 150 g/mol. The van der Waals surface area contributed by atoms with Crippen molar-refractivity contribution in [2.75, 3.05) is 0 Å². The minimum atomic E-state index is -1.56. The maximum absolute atomic E-state index is 12.5. The Hall–Kier alpha value is -0.800. The zero-order chi connectivity index (χ0) is 7.72. The largest absolute Gasteiger partial charge is 0.458 e. The van der Waals surface area contributed by atoms with Crippen LogP contribution in [0.2, 0.25) is 0 Å². The Morgan fingerprint density at radius 3 is 2.50 bits per heavy atom. The second-order valence-electron chi connectivity index (χ2n) is 2.12. The molecule has 10 heavy (non-hydrogen) atoms. The van der Waals surface area contributed by atoms with E-state index >= 15 is 0 Å². The molecule has 0 saturated carbocycles. The Morgan fingerprint density at radius 1 is 1.40 bits per heavy atom. The molecule has 0 N–H and O–H groups in total. The van der Waals surface area contributed by atoms with Crippen LogP contribution in [-0.4, -0.2) is 12.5 Å². The molecule has 2 nitrogen and oxygen atoms in total. The molecular formula is C6H8F2O2. The lowest BCUT2D eigenvalue weighted by atomic mass is 10.4. The molecule has 0 aliphatic carbocycles. The Kier molecular flexibility index (Phi) is 1.78. The van der Waals surface area contributed by atoms with Gasteiger partial charge in [0, 0.05) is 0 Å². The van der Waals surface area contributed by atoms with Crippen LogP contribution in [0.25, 0.3) is 0 Å². The van der Waals surface area contributed by atoms with E-state index < -0.39 is 18.5 Å². The quantitative estimate of drug-likeness (QED) is 0.524. The summed E-state index contributed by atoms with van der Waals surface area (Å²) in [6.07, 6.45) is -2.41. The van der Waals surface area contributed by atoms with Gasteiger partial charge in [-0.1, -0.05) is 0 Å². The van der Waals surface area contributed by atoms with Crippen molar-refractivity contribution in [1.82, 2.24) is 0 Å². The molecule has 2 unspecified atom stereocenters. The highest BCUT2D eigenvalue weighted by Gasteiger charge is 2.27. The second kappa shape index (κ2) is 2.44. The predicted molar refractivity (Wildman–Crippen MR) is 30.3 cm³/mol. The summed E-state index contributed by atoms with van der Waals surface area (Å²) in [7, 11) is 0. The molecule has 1 heterocycles. The van der Waals surface area contributed by atoms with E-state index in [2.05, 4.69) is 9.47 Å². The maximum atomic E-state index is 12.5. The Labute approximate surface area is 57.4 Å². The molecule has 4 heteroatoms. The first-order valence-corrected chi connectivity index (χ1v) is 2.95. The fourth-order valence-electron chi connectivity index (χ4n) is 0.611. The Morgan fingerprint density at radius 2 is 2.00 bits per heavy atom. The van der Waals surface area contributed by atoms with E-state index in [1.54, 1.807) is 0 Å². The highest BCUT2D eigenvalue weighted by molar-refractivity contribution is 4.94. The van der Waals surface area contributed by atoms with Crippen LogP contribution in [0, 0.1) is 0 Å². The topological polar surface area (TPSA) is 18.5 Å². The van der Waals surface area contributed by atoms with E-state index in [-0.39, 0.29) is 5.76 Å². The molecule has 58 valence electrons. The zero-order valence-corrected chi connectivity index (χ0v) is 5.73. The zero-order valence-electron chi connectivity index (χ0n) is 5.73. The van der Waals surface area contributed by atoms with Crippen molar-refractivity contribution in [2.45, 2.75) is 26.3 Å². The van der Waals surface area contributed by atoms with Crippen molar-refractivity contribution in [1.29, 1.82) is 0 Å². The molecule has 0 spiro atoms. The lowest BCUT2D eigenvalue weighted by Crippen LogP contribution is -2.28. The fourth-order valence-corrected chi connectivity index (χ4v) is 0.611. The summed E-state index contributed by atoms with van der Waals surface area (Å²) in [5.41, 5.74) is 0. The molecule has 0 aromatic rings. The van der Waals surface area contributed by atoms with Crippen LogP contribution in [0.1, 0.15) is 13.8 Å². The van der Waals surface area contributed by atoms with Crippen molar-refractivity contribution < 1.29 is 18.3 Å². The van der Waals surface area contributed by atoms with E-state index in [0.717, 1.165) is 0 Å². The first-order valence-electron chi connectivity index (χ1n) is 2.95. The average molecular weight is 150 g/mol. The van der Waals surface area contributed by atoms with Gasteiger partial charge in [0.1, 0.15) is 0 Å². The SMILES string of the molecule is CC1=C(F)OC(C)C(F)O1. The summed E-state index contributed by atoms with van der Waals surface area (Å²) in [5, 5.41) is 0. The Balaban J connectivity index is 2.69. The summed E-state index contributed by atoms with van der Waals surface area (Å²) in [5.74, 6) is -0.134. The van der Waals surface area contributed by atoms with Crippen molar-refractivity contribution in [3.8, 4) is 0 Å². The van der Waals surface area contributed by atoms with Gasteiger partial charge in [-0.3, -0.25) is 0 Å². The van der Waals surface area contributed by atoms with E-state index in [1.165, 1.54) is 13.8 Å². The predicted octanol–water partition coefficient (Wildman–Crippen LogP) is 1.88. The van der Waals surface area contributed by atoms with Gasteiger partial charge in [0.05, 0.1) is 0 Å². The minimum Gasteiger partial charge on any atom is -0.458 e. The molecule has 0 aromatic heterocycles. The first kappa shape index (κ1) is 7.31. The summed E-state index contributed by atoms with van der Waals surface area (Å²) in [4.78, 5) is 0. The third-order valence-electron chi connectivity index (χ3n) is 1.22. The van der Waals surface area contributed by atoms with Crippen molar-refractivity contribution in [3.05, 3.63) is 11.8 Å². The van der Waals surface area contributed by atoms with Crippen LogP contribution in [0.15, 0.2) is 11.8 Å². The summed E-state index contributed by atoms with van der Waals surface area (Å²) < 4.78 is 33.7. The highest BCUT2D eigenvalue weighted by Crippen LogP contribution is 2.23. The van der Waals surface area contributed by atoms with Gasteiger partial charge in [0.15, 0.2) is 11.9 Å². The van der Waals surface area contributed by atoms with E-state index in [0.29, 0.717) is 0 Å². The molecule has 1 rings (SSSR count). The van der Waals surface area contributed by atoms with Gasteiger partial charge in [-0.2, -0.15) is 8.78 Å². The average Bonchev–Trinajstić information content (AvgIpc) is 1.84. The van der Waals surface area contributed by atoms with Crippen molar-refractivity contribution >= 4 is 0 Å². The van der Waals surface area contributed by atoms with E-state index in [9.17, 15) is 8.78 Å². The van der Waals surface area contributed by atoms with Crippen LogP contribution in [-0.2, 0) is 9.47 Å². The number of rotatable bonds is 0. The molecule has 0 aromatic carbocycles. The number of alkyl halides is 1. The van der Waals surface area contributed by atoms with Gasteiger partial charge >= 0.3 is 6.01 Å². The second-order valence-corrected chi connectivity index (χ2v) is 2.12. The van der Waals surface area contributed by atoms with Gasteiger partial charge in [-0.05, 0) is 13.8 Å². The number of halogens is 2. The van der Waals surface area contributed by atoms with Crippen molar-refractivity contribution in [2.24, 2.45) is 0 Å². The van der Waals surface area contributed by atoms with Crippen LogP contribution in [0.3, 0.4) is 0 Å². The van der Waals surface area contributed by atoms with Crippen LogP contribution in [0.5, 0.6) is 0 Å². The van der Waals surface area contributed by atoms with Gasteiger partial charge in [-0.15, -0.1) is 0 Å². The fraction of sp³-hybridized carbons (Fsp3) is 0.667. The Bertz CT molecular complexity index is 149. The normalized spacial score (nSPS) is 33.2. The summed E-state index contributed by atoms with van der Waals surface area (Å²) >= 11 is 0. The van der Waals surface area contributed by atoms with Crippen molar-refractivity contribution in [3.63, 3.8) is 0 Å². The molecular weight excluding hydrogens is 142 g/mol. The van der Waals surface area contributed by atoms with Crippen LogP contribution < -0.4 is 0 Å². The molecule has 1 aliphatic heterocycles. The first-order chi connectivity index (χ1) is 4.61. The number of hydrogen-bond donors (Lipinski definition) is 0. The molecule has 0 fully saturated rings. The standard InChI is InChI=1S/C6H8F2O2/c1-3-5(7)10-4(2)6(8)9-3/h3,5H,1-2H3. The third-order valence-corrected chi connectivity index (χ3v) is 1.22. The molecule has 0 radical (unpaired) electrons. The lowest BCUT2D eigenvalue weighted by Gasteiger charge is -2.24. The maximum Gasteiger partial charge on any atom is 0.311 e.